The van der Waals surface area contributed by atoms with E-state index in [1.807, 2.05) is 42.3 Å². The quantitative estimate of drug-likeness (QED) is 0.763. The minimum atomic E-state index is -0.764. The second-order valence-corrected chi connectivity index (χ2v) is 7.68. The lowest BCUT2D eigenvalue weighted by Crippen LogP contribution is -2.47. The summed E-state index contributed by atoms with van der Waals surface area (Å²) in [6.45, 7) is 1.16. The van der Waals surface area contributed by atoms with E-state index in [0.717, 1.165) is 31.2 Å². The molecule has 1 aromatic carbocycles. The number of aliphatic hydroxyl groups excluding tert-OH is 1. The lowest BCUT2D eigenvalue weighted by molar-refractivity contribution is -0.132. The third-order valence-electron chi connectivity index (χ3n) is 5.41. The molecule has 0 bridgehead atoms. The number of urea groups is 1. The lowest BCUT2D eigenvalue weighted by Gasteiger charge is -2.26. The Bertz CT molecular complexity index is 626. The van der Waals surface area contributed by atoms with Crippen LogP contribution in [-0.2, 0) is 11.3 Å². The summed E-state index contributed by atoms with van der Waals surface area (Å²) in [4.78, 5) is 28.4. The molecule has 6 heteroatoms. The maximum absolute atomic E-state index is 12.9. The predicted octanol–water partition coefficient (Wildman–Crippen LogP) is 2.12. The molecule has 142 valence electrons. The number of benzene rings is 1. The van der Waals surface area contributed by atoms with E-state index in [-0.39, 0.29) is 18.5 Å². The molecule has 26 heavy (non-hydrogen) atoms. The van der Waals surface area contributed by atoms with Gasteiger partial charge in [-0.05, 0) is 25.5 Å². The van der Waals surface area contributed by atoms with Gasteiger partial charge < -0.3 is 10.4 Å². The molecular weight excluding hydrogens is 330 g/mol. The summed E-state index contributed by atoms with van der Waals surface area (Å²) in [5, 5.41) is 13.3. The molecule has 1 aromatic rings. The maximum Gasteiger partial charge on any atom is 0.325 e. The van der Waals surface area contributed by atoms with Crippen molar-refractivity contribution in [1.29, 1.82) is 0 Å². The van der Waals surface area contributed by atoms with Crippen LogP contribution in [0.15, 0.2) is 30.3 Å². The third-order valence-corrected chi connectivity index (χ3v) is 5.41. The minimum Gasteiger partial charge on any atom is -0.390 e. The Morgan fingerprint density at radius 1 is 1.15 bits per heavy atom. The highest BCUT2D eigenvalue weighted by atomic mass is 16.3. The first-order valence-corrected chi connectivity index (χ1v) is 9.55. The van der Waals surface area contributed by atoms with Gasteiger partial charge in [0.25, 0.3) is 5.91 Å². The number of likely N-dealkylation sites (N-methyl/N-ethyl adjacent to an activating group) is 1. The van der Waals surface area contributed by atoms with Crippen LogP contribution < -0.4 is 5.32 Å². The number of nitrogens with one attached hydrogen (secondary N) is 1. The van der Waals surface area contributed by atoms with E-state index in [1.54, 1.807) is 0 Å². The van der Waals surface area contributed by atoms with Crippen molar-refractivity contribution in [2.75, 3.05) is 20.1 Å². The molecule has 1 aliphatic heterocycles. The number of rotatable bonds is 6. The average Bonchev–Trinajstić information content (AvgIpc) is 2.78. The van der Waals surface area contributed by atoms with E-state index in [0.29, 0.717) is 25.9 Å². The van der Waals surface area contributed by atoms with Crippen molar-refractivity contribution >= 4 is 11.9 Å². The Morgan fingerprint density at radius 2 is 1.81 bits per heavy atom. The van der Waals surface area contributed by atoms with Gasteiger partial charge in [0, 0.05) is 13.1 Å². The first-order chi connectivity index (χ1) is 12.5. The van der Waals surface area contributed by atoms with E-state index >= 15 is 0 Å². The van der Waals surface area contributed by atoms with Gasteiger partial charge in [-0.1, -0.05) is 56.0 Å². The van der Waals surface area contributed by atoms with Crippen LogP contribution in [0.4, 0.5) is 4.79 Å². The van der Waals surface area contributed by atoms with Crippen molar-refractivity contribution in [3.8, 4) is 0 Å². The van der Waals surface area contributed by atoms with Crippen LogP contribution in [0.3, 0.4) is 0 Å². The Labute approximate surface area is 155 Å². The van der Waals surface area contributed by atoms with Gasteiger partial charge in [-0.3, -0.25) is 14.6 Å². The molecule has 1 aliphatic carbocycles. The summed E-state index contributed by atoms with van der Waals surface area (Å²) < 4.78 is 0. The minimum absolute atomic E-state index is 0.0472. The Morgan fingerprint density at radius 3 is 2.46 bits per heavy atom. The molecule has 3 amide bonds. The second-order valence-electron chi connectivity index (χ2n) is 7.68. The van der Waals surface area contributed by atoms with Crippen molar-refractivity contribution in [1.82, 2.24) is 15.1 Å². The smallest absolute Gasteiger partial charge is 0.325 e. The summed E-state index contributed by atoms with van der Waals surface area (Å²) in [5.41, 5.74) is 0.429. The lowest BCUT2D eigenvalue weighted by atomic mass is 9.90. The van der Waals surface area contributed by atoms with Gasteiger partial charge in [0.05, 0.1) is 12.6 Å². The van der Waals surface area contributed by atoms with Crippen LogP contribution in [-0.4, -0.2) is 58.6 Å². The molecule has 1 heterocycles. The number of aliphatic hydroxyl groups is 1. The molecule has 0 radical (unpaired) electrons. The first kappa shape index (κ1) is 18.9. The van der Waals surface area contributed by atoms with Crippen molar-refractivity contribution in [2.24, 2.45) is 0 Å². The number of hydrogen-bond acceptors (Lipinski definition) is 4. The fourth-order valence-corrected chi connectivity index (χ4v) is 4.10. The summed E-state index contributed by atoms with van der Waals surface area (Å²) >= 11 is 0. The Balaban J connectivity index is 1.55. The molecule has 1 spiro atoms. The number of imide groups is 1. The Kier molecular flexibility index (Phi) is 5.94. The second kappa shape index (κ2) is 8.18. The number of amides is 3. The van der Waals surface area contributed by atoms with Crippen LogP contribution in [0, 0.1) is 0 Å². The SMILES string of the molecule is CN(Cc1ccccc1)C[C@@H](O)CN1C(=O)NC2(CCCCCC2)C1=O. The molecular formula is C20H29N3O3. The van der Waals surface area contributed by atoms with Gasteiger partial charge >= 0.3 is 6.03 Å². The van der Waals surface area contributed by atoms with Crippen LogP contribution in [0.5, 0.6) is 0 Å². The summed E-state index contributed by atoms with van der Waals surface area (Å²) in [7, 11) is 1.93. The van der Waals surface area contributed by atoms with E-state index in [2.05, 4.69) is 5.32 Å². The highest BCUT2D eigenvalue weighted by Crippen LogP contribution is 2.32. The van der Waals surface area contributed by atoms with Gasteiger partial charge in [0.15, 0.2) is 0 Å². The van der Waals surface area contributed by atoms with E-state index in [1.165, 1.54) is 4.90 Å². The highest BCUT2D eigenvalue weighted by Gasteiger charge is 2.50. The maximum atomic E-state index is 12.9. The van der Waals surface area contributed by atoms with Crippen LogP contribution in [0.1, 0.15) is 44.1 Å². The number of hydrogen-bond donors (Lipinski definition) is 2. The fourth-order valence-electron chi connectivity index (χ4n) is 4.10. The van der Waals surface area contributed by atoms with Gasteiger partial charge in [-0.15, -0.1) is 0 Å². The molecule has 1 atom stereocenters. The largest absolute Gasteiger partial charge is 0.390 e. The molecule has 2 N–H and O–H groups in total. The van der Waals surface area contributed by atoms with Crippen molar-refractivity contribution in [3.05, 3.63) is 35.9 Å². The molecule has 1 saturated heterocycles. The van der Waals surface area contributed by atoms with Gasteiger partial charge in [-0.25, -0.2) is 4.79 Å². The van der Waals surface area contributed by atoms with E-state index < -0.39 is 11.6 Å². The highest BCUT2D eigenvalue weighted by molar-refractivity contribution is 6.07. The third kappa shape index (κ3) is 4.24. The molecule has 0 aromatic heterocycles. The fraction of sp³-hybridized carbons (Fsp3) is 0.600. The van der Waals surface area contributed by atoms with E-state index in [4.69, 9.17) is 0 Å². The molecule has 1 saturated carbocycles. The van der Waals surface area contributed by atoms with Crippen LogP contribution in [0.25, 0.3) is 0 Å². The standard InChI is InChI=1S/C20H29N3O3/c1-22(13-16-9-5-4-6-10-16)14-17(24)15-23-18(25)20(21-19(23)26)11-7-2-3-8-12-20/h4-6,9-10,17,24H,2-3,7-8,11-15H2,1H3,(H,21,26)/t17-/m1/s1. The van der Waals surface area contributed by atoms with Crippen molar-refractivity contribution in [2.45, 2.75) is 56.7 Å². The monoisotopic (exact) mass is 359 g/mol. The van der Waals surface area contributed by atoms with Crippen LogP contribution >= 0.6 is 0 Å². The number of carbonyl (C=O) groups is 2. The topological polar surface area (TPSA) is 72.9 Å². The zero-order valence-corrected chi connectivity index (χ0v) is 15.5. The Hall–Kier alpha value is -1.92. The number of nitrogens with zero attached hydrogens (tertiary/aromatic N) is 2. The van der Waals surface area contributed by atoms with Crippen molar-refractivity contribution < 1.29 is 14.7 Å². The predicted molar refractivity (Wildman–Crippen MR) is 99.5 cm³/mol. The van der Waals surface area contributed by atoms with E-state index in [9.17, 15) is 14.7 Å². The summed E-state index contributed by atoms with van der Waals surface area (Å²) in [6.07, 6.45) is 4.79. The molecule has 6 nitrogen and oxygen atoms in total. The number of carbonyl (C=O) groups excluding carboxylic acids is 2. The van der Waals surface area contributed by atoms with Crippen LogP contribution in [0.2, 0.25) is 0 Å². The number of β-amino-alcohol motifs (C(OH)–C–C–N with tert-alkyl or cyclic N) is 1. The summed E-state index contributed by atoms with van der Waals surface area (Å²) in [6, 6.07) is 9.66. The first-order valence-electron chi connectivity index (χ1n) is 9.55. The van der Waals surface area contributed by atoms with Gasteiger partial charge in [0.1, 0.15) is 5.54 Å². The van der Waals surface area contributed by atoms with Gasteiger partial charge in [-0.2, -0.15) is 0 Å². The summed E-state index contributed by atoms with van der Waals surface area (Å²) in [5.74, 6) is -0.158. The molecule has 3 rings (SSSR count). The van der Waals surface area contributed by atoms with Crippen molar-refractivity contribution in [3.63, 3.8) is 0 Å². The molecule has 2 fully saturated rings. The molecule has 0 unspecified atom stereocenters. The zero-order valence-electron chi connectivity index (χ0n) is 15.5. The van der Waals surface area contributed by atoms with Gasteiger partial charge in [0.2, 0.25) is 0 Å². The molecule has 2 aliphatic rings. The zero-order chi connectivity index (χ0) is 18.6. The average molecular weight is 359 g/mol. The normalized spacial score (nSPS) is 21.1.